The van der Waals surface area contributed by atoms with Crippen LogP contribution >= 0.6 is 11.3 Å². The van der Waals surface area contributed by atoms with Crippen molar-refractivity contribution in [2.45, 2.75) is 6.92 Å². The molecule has 1 N–H and O–H groups in total. The zero-order valence-corrected chi connectivity index (χ0v) is 14.1. The maximum atomic E-state index is 12.5. The molecule has 1 aromatic heterocycles. The third kappa shape index (κ3) is 3.13. The van der Waals surface area contributed by atoms with Crippen LogP contribution in [-0.2, 0) is 9.59 Å². The maximum absolute atomic E-state index is 12.5. The third-order valence-electron chi connectivity index (χ3n) is 3.61. The van der Waals surface area contributed by atoms with Gasteiger partial charge in [0.25, 0.3) is 5.91 Å². The van der Waals surface area contributed by atoms with E-state index in [1.807, 2.05) is 12.3 Å². The lowest BCUT2D eigenvalue weighted by atomic mass is 10.1. The number of rotatable bonds is 3. The predicted octanol–water partition coefficient (Wildman–Crippen LogP) is 1.51. The van der Waals surface area contributed by atoms with Gasteiger partial charge in [0.15, 0.2) is 5.13 Å². The molecule has 1 aliphatic rings. The number of aromatic nitrogens is 1. The Morgan fingerprint density at radius 1 is 1.33 bits per heavy atom. The lowest BCUT2D eigenvalue weighted by Gasteiger charge is -2.21. The van der Waals surface area contributed by atoms with Crippen LogP contribution in [0.15, 0.2) is 29.6 Å². The van der Waals surface area contributed by atoms with Crippen LogP contribution in [0, 0.1) is 6.92 Å². The first kappa shape index (κ1) is 16.1. The van der Waals surface area contributed by atoms with E-state index in [2.05, 4.69) is 10.3 Å². The molecule has 7 nitrogen and oxygen atoms in total. The Morgan fingerprint density at radius 2 is 2.08 bits per heavy atom. The van der Waals surface area contributed by atoms with Crippen molar-refractivity contribution in [1.29, 1.82) is 0 Å². The fourth-order valence-corrected chi connectivity index (χ4v) is 3.18. The summed E-state index contributed by atoms with van der Waals surface area (Å²) in [5, 5.41) is 5.00. The number of para-hydroxylation sites is 1. The number of nitrogens with one attached hydrogen (secondary N) is 1. The number of carbonyl (C=O) groups excluding carboxylic acids is 3. The molecule has 3 amide bonds. The largest absolute Gasteiger partial charge is 0.332 e. The number of hydrogen-bond donors (Lipinski definition) is 1. The van der Waals surface area contributed by atoms with Gasteiger partial charge in [0.2, 0.25) is 11.8 Å². The molecule has 0 saturated heterocycles. The lowest BCUT2D eigenvalue weighted by molar-refractivity contribution is -0.121. The Balaban J connectivity index is 1.85. The second-order valence-electron chi connectivity index (χ2n) is 5.50. The van der Waals surface area contributed by atoms with Crippen molar-refractivity contribution in [3.8, 4) is 0 Å². The summed E-state index contributed by atoms with van der Waals surface area (Å²) in [5.74, 6) is -0.900. The summed E-state index contributed by atoms with van der Waals surface area (Å²) in [6, 6.07) is 6.80. The molecule has 1 aromatic carbocycles. The van der Waals surface area contributed by atoms with Crippen molar-refractivity contribution < 1.29 is 14.4 Å². The lowest BCUT2D eigenvalue weighted by Crippen LogP contribution is -2.41. The van der Waals surface area contributed by atoms with Gasteiger partial charge >= 0.3 is 0 Å². The third-order valence-corrected chi connectivity index (χ3v) is 4.49. The van der Waals surface area contributed by atoms with Crippen molar-refractivity contribution in [3.05, 3.63) is 40.9 Å². The molecule has 0 unspecified atom stereocenters. The van der Waals surface area contributed by atoms with Gasteiger partial charge in [0.1, 0.15) is 13.1 Å². The molecule has 0 aliphatic carbocycles. The molecule has 0 fully saturated rings. The van der Waals surface area contributed by atoms with E-state index in [9.17, 15) is 14.4 Å². The fourth-order valence-electron chi connectivity index (χ4n) is 2.48. The van der Waals surface area contributed by atoms with E-state index in [1.165, 1.54) is 21.1 Å². The monoisotopic (exact) mass is 344 g/mol. The van der Waals surface area contributed by atoms with E-state index in [0.29, 0.717) is 16.4 Å². The maximum Gasteiger partial charge on any atom is 0.256 e. The van der Waals surface area contributed by atoms with Crippen LogP contribution in [-0.4, -0.2) is 47.7 Å². The summed E-state index contributed by atoms with van der Waals surface area (Å²) in [6.45, 7) is 1.59. The molecule has 124 valence electrons. The van der Waals surface area contributed by atoms with Crippen LogP contribution in [0.25, 0.3) is 0 Å². The van der Waals surface area contributed by atoms with Crippen LogP contribution in [0.1, 0.15) is 16.1 Å². The SMILES string of the molecule is Cc1csc(NC(=O)CN2C(=O)CN(C)C(=O)c3ccccc32)n1. The molecule has 0 spiro atoms. The first-order valence-electron chi connectivity index (χ1n) is 7.32. The van der Waals surface area contributed by atoms with Gasteiger partial charge in [0.05, 0.1) is 16.9 Å². The first-order valence-corrected chi connectivity index (χ1v) is 8.20. The normalized spacial score (nSPS) is 14.4. The minimum atomic E-state index is -0.357. The zero-order valence-electron chi connectivity index (χ0n) is 13.3. The number of nitrogens with zero attached hydrogens (tertiary/aromatic N) is 3. The van der Waals surface area contributed by atoms with Gasteiger partial charge in [-0.15, -0.1) is 11.3 Å². The van der Waals surface area contributed by atoms with Crippen molar-refractivity contribution in [2.75, 3.05) is 30.4 Å². The number of amides is 3. The Hall–Kier alpha value is -2.74. The first-order chi connectivity index (χ1) is 11.5. The summed E-state index contributed by atoms with van der Waals surface area (Å²) < 4.78 is 0. The zero-order chi connectivity index (χ0) is 17.3. The smallest absolute Gasteiger partial charge is 0.256 e. The van der Waals surface area contributed by atoms with E-state index in [-0.39, 0.29) is 30.8 Å². The molecule has 0 saturated carbocycles. The fraction of sp³-hybridized carbons (Fsp3) is 0.250. The van der Waals surface area contributed by atoms with Crippen LogP contribution in [0.5, 0.6) is 0 Å². The van der Waals surface area contributed by atoms with Gasteiger partial charge in [-0.1, -0.05) is 12.1 Å². The van der Waals surface area contributed by atoms with Crippen LogP contribution in [0.2, 0.25) is 0 Å². The average molecular weight is 344 g/mol. The molecule has 0 bridgehead atoms. The number of thiazole rings is 1. The molecular weight excluding hydrogens is 328 g/mol. The minimum absolute atomic E-state index is 0.0723. The van der Waals surface area contributed by atoms with Crippen LogP contribution < -0.4 is 10.2 Å². The highest BCUT2D eigenvalue weighted by atomic mass is 32.1. The van der Waals surface area contributed by atoms with Gasteiger partial charge in [-0.3, -0.25) is 14.4 Å². The number of aryl methyl sites for hydroxylation is 1. The van der Waals surface area contributed by atoms with Crippen molar-refractivity contribution >= 4 is 39.9 Å². The van der Waals surface area contributed by atoms with E-state index in [0.717, 1.165) is 5.69 Å². The molecule has 8 heteroatoms. The van der Waals surface area contributed by atoms with Crippen LogP contribution in [0.4, 0.5) is 10.8 Å². The Morgan fingerprint density at radius 3 is 2.79 bits per heavy atom. The van der Waals surface area contributed by atoms with E-state index >= 15 is 0 Å². The van der Waals surface area contributed by atoms with E-state index < -0.39 is 0 Å². The second kappa shape index (κ2) is 6.40. The number of carbonyl (C=O) groups is 3. The molecule has 3 rings (SSSR count). The standard InChI is InChI=1S/C16H16N4O3S/c1-10-9-24-16(17-10)18-13(21)7-20-12-6-4-3-5-11(12)15(23)19(2)8-14(20)22/h3-6,9H,7-8H2,1-2H3,(H,17,18,21). The number of benzene rings is 1. The quantitative estimate of drug-likeness (QED) is 0.915. The van der Waals surface area contributed by atoms with Gasteiger partial charge in [-0.25, -0.2) is 4.98 Å². The van der Waals surface area contributed by atoms with Gasteiger partial charge < -0.3 is 15.1 Å². The van der Waals surface area contributed by atoms with Crippen molar-refractivity contribution in [3.63, 3.8) is 0 Å². The summed E-state index contributed by atoms with van der Waals surface area (Å²) in [7, 11) is 1.57. The molecule has 0 radical (unpaired) electrons. The van der Waals surface area contributed by atoms with Crippen LogP contribution in [0.3, 0.4) is 0 Å². The van der Waals surface area contributed by atoms with Gasteiger partial charge in [0, 0.05) is 12.4 Å². The second-order valence-corrected chi connectivity index (χ2v) is 6.36. The molecule has 2 aromatic rings. The summed E-state index contributed by atoms with van der Waals surface area (Å²) in [4.78, 5) is 44.0. The van der Waals surface area contributed by atoms with Crippen molar-refractivity contribution in [1.82, 2.24) is 9.88 Å². The highest BCUT2D eigenvalue weighted by Crippen LogP contribution is 2.25. The van der Waals surface area contributed by atoms with Crippen molar-refractivity contribution in [2.24, 2.45) is 0 Å². The number of fused-ring (bicyclic) bond motifs is 1. The van der Waals surface area contributed by atoms with E-state index in [1.54, 1.807) is 31.3 Å². The minimum Gasteiger partial charge on any atom is -0.332 e. The Bertz CT molecular complexity index is 817. The van der Waals surface area contributed by atoms with Gasteiger partial charge in [-0.05, 0) is 19.1 Å². The highest BCUT2D eigenvalue weighted by Gasteiger charge is 2.30. The predicted molar refractivity (Wildman–Crippen MR) is 91.2 cm³/mol. The molecule has 1 aliphatic heterocycles. The number of hydrogen-bond acceptors (Lipinski definition) is 5. The molecular formula is C16H16N4O3S. The molecule has 24 heavy (non-hydrogen) atoms. The topological polar surface area (TPSA) is 82.6 Å². The summed E-state index contributed by atoms with van der Waals surface area (Å²) in [5.41, 5.74) is 1.67. The summed E-state index contributed by atoms with van der Waals surface area (Å²) in [6.07, 6.45) is 0. The van der Waals surface area contributed by atoms with E-state index in [4.69, 9.17) is 0 Å². The molecule has 0 atom stereocenters. The number of likely N-dealkylation sites (N-methyl/N-ethyl adjacent to an activating group) is 1. The number of anilines is 2. The average Bonchev–Trinajstić information content (AvgIpc) is 2.93. The Labute approximate surface area is 142 Å². The highest BCUT2D eigenvalue weighted by molar-refractivity contribution is 7.13. The Kier molecular flexibility index (Phi) is 4.30. The van der Waals surface area contributed by atoms with Gasteiger partial charge in [-0.2, -0.15) is 0 Å². The summed E-state index contributed by atoms with van der Waals surface area (Å²) >= 11 is 1.32. The molecule has 2 heterocycles.